The maximum atomic E-state index is 12.5. The summed E-state index contributed by atoms with van der Waals surface area (Å²) in [4.78, 5) is 11.7. The van der Waals surface area contributed by atoms with Gasteiger partial charge in [-0.15, -0.1) is 11.3 Å². The first kappa shape index (κ1) is 20.2. The molecule has 0 aliphatic carbocycles. The van der Waals surface area contributed by atoms with Gasteiger partial charge in [-0.1, -0.05) is 6.07 Å². The van der Waals surface area contributed by atoms with Crippen LogP contribution in [0.5, 0.6) is 5.75 Å². The van der Waals surface area contributed by atoms with Gasteiger partial charge in [-0.3, -0.25) is 9.10 Å². The highest BCUT2D eigenvalue weighted by atomic mass is 32.2. The lowest BCUT2D eigenvalue weighted by molar-refractivity contribution is -0.123. The first-order valence-corrected chi connectivity index (χ1v) is 10.2. The molecule has 1 amide bonds. The Morgan fingerprint density at radius 2 is 1.92 bits per heavy atom. The SMILES string of the molecule is CN(c1ccc(OCC(=O)NCC(C)(C)N)cc1)S(=O)(=O)c1cccs1. The van der Waals surface area contributed by atoms with Gasteiger partial charge in [0.25, 0.3) is 15.9 Å². The molecule has 26 heavy (non-hydrogen) atoms. The Labute approximate surface area is 157 Å². The Hall–Kier alpha value is -2.10. The van der Waals surface area contributed by atoms with E-state index in [-0.39, 0.29) is 16.7 Å². The largest absolute Gasteiger partial charge is 0.484 e. The molecule has 0 spiro atoms. The van der Waals surface area contributed by atoms with Crippen LogP contribution in [0.4, 0.5) is 5.69 Å². The van der Waals surface area contributed by atoms with Crippen molar-refractivity contribution in [3.8, 4) is 5.75 Å². The Morgan fingerprint density at radius 3 is 2.46 bits per heavy atom. The monoisotopic (exact) mass is 397 g/mol. The van der Waals surface area contributed by atoms with Crippen LogP contribution in [0, 0.1) is 0 Å². The minimum atomic E-state index is -3.57. The third-order valence-corrected chi connectivity index (χ3v) is 6.58. The van der Waals surface area contributed by atoms with Crippen molar-refractivity contribution in [3.05, 3.63) is 41.8 Å². The number of nitrogens with two attached hydrogens (primary N) is 1. The summed E-state index contributed by atoms with van der Waals surface area (Å²) in [7, 11) is -2.08. The first-order chi connectivity index (χ1) is 12.1. The van der Waals surface area contributed by atoms with Crippen molar-refractivity contribution < 1.29 is 17.9 Å². The predicted octanol–water partition coefficient (Wildman–Crippen LogP) is 1.81. The molecule has 3 N–H and O–H groups in total. The van der Waals surface area contributed by atoms with Gasteiger partial charge in [-0.25, -0.2) is 8.42 Å². The molecule has 142 valence electrons. The molecular weight excluding hydrogens is 374 g/mol. The third-order valence-electron chi connectivity index (χ3n) is 3.42. The Kier molecular flexibility index (Phi) is 6.27. The summed E-state index contributed by atoms with van der Waals surface area (Å²) in [6.45, 7) is 3.83. The van der Waals surface area contributed by atoms with Gasteiger partial charge in [-0.05, 0) is 49.6 Å². The van der Waals surface area contributed by atoms with Crippen LogP contribution < -0.4 is 20.1 Å². The number of nitrogens with one attached hydrogen (secondary N) is 1. The molecule has 0 fully saturated rings. The van der Waals surface area contributed by atoms with E-state index < -0.39 is 15.6 Å². The second kappa shape index (κ2) is 8.07. The van der Waals surface area contributed by atoms with Crippen molar-refractivity contribution in [1.82, 2.24) is 5.32 Å². The predicted molar refractivity (Wildman–Crippen MR) is 103 cm³/mol. The highest BCUT2D eigenvalue weighted by Gasteiger charge is 2.22. The highest BCUT2D eigenvalue weighted by Crippen LogP contribution is 2.26. The Morgan fingerprint density at radius 1 is 1.27 bits per heavy atom. The molecule has 0 aliphatic rings. The summed E-state index contributed by atoms with van der Waals surface area (Å²) in [6, 6.07) is 9.75. The summed E-state index contributed by atoms with van der Waals surface area (Å²) in [5.41, 5.74) is 5.81. The molecule has 2 aromatic rings. The number of carbonyl (C=O) groups is 1. The van der Waals surface area contributed by atoms with E-state index in [0.717, 1.165) is 0 Å². The molecule has 9 heteroatoms. The van der Waals surface area contributed by atoms with E-state index in [2.05, 4.69) is 5.32 Å². The lowest BCUT2D eigenvalue weighted by Crippen LogP contribution is -2.46. The number of nitrogens with zero attached hydrogens (tertiary/aromatic N) is 1. The number of thiophene rings is 1. The van der Waals surface area contributed by atoms with E-state index in [1.165, 1.54) is 22.7 Å². The van der Waals surface area contributed by atoms with E-state index in [0.29, 0.717) is 18.0 Å². The normalized spacial score (nSPS) is 11.8. The van der Waals surface area contributed by atoms with Gasteiger partial charge in [-0.2, -0.15) is 0 Å². The number of hydrogen-bond donors (Lipinski definition) is 2. The summed E-state index contributed by atoms with van der Waals surface area (Å²) < 4.78 is 31.9. The fourth-order valence-corrected chi connectivity index (χ4v) is 4.32. The molecule has 0 aliphatic heterocycles. The number of amides is 1. The van der Waals surface area contributed by atoms with E-state index in [1.54, 1.807) is 41.8 Å². The smallest absolute Gasteiger partial charge is 0.273 e. The van der Waals surface area contributed by atoms with Gasteiger partial charge in [0.05, 0.1) is 5.69 Å². The third kappa shape index (κ3) is 5.45. The number of sulfonamides is 1. The fourth-order valence-electron chi connectivity index (χ4n) is 1.96. The van der Waals surface area contributed by atoms with E-state index in [4.69, 9.17) is 10.5 Å². The van der Waals surface area contributed by atoms with Crippen LogP contribution in [-0.2, 0) is 14.8 Å². The van der Waals surface area contributed by atoms with Gasteiger partial charge >= 0.3 is 0 Å². The topological polar surface area (TPSA) is 102 Å². The second-order valence-corrected chi connectivity index (χ2v) is 9.60. The van der Waals surface area contributed by atoms with Crippen molar-refractivity contribution >= 4 is 33.0 Å². The maximum absolute atomic E-state index is 12.5. The van der Waals surface area contributed by atoms with Gasteiger partial charge in [0, 0.05) is 19.1 Å². The van der Waals surface area contributed by atoms with Crippen LogP contribution >= 0.6 is 11.3 Å². The zero-order valence-corrected chi connectivity index (χ0v) is 16.6. The van der Waals surface area contributed by atoms with Crippen molar-refractivity contribution in [2.45, 2.75) is 23.6 Å². The van der Waals surface area contributed by atoms with Crippen molar-refractivity contribution in [1.29, 1.82) is 0 Å². The van der Waals surface area contributed by atoms with Crippen molar-refractivity contribution in [2.24, 2.45) is 5.73 Å². The van der Waals surface area contributed by atoms with Crippen LogP contribution in [0.2, 0.25) is 0 Å². The lowest BCUT2D eigenvalue weighted by Gasteiger charge is -2.19. The zero-order valence-electron chi connectivity index (χ0n) is 14.9. The minimum absolute atomic E-state index is 0.140. The molecule has 1 aromatic heterocycles. The summed E-state index contributed by atoms with van der Waals surface area (Å²) in [5, 5.41) is 4.40. The number of carbonyl (C=O) groups excluding carboxylic acids is 1. The minimum Gasteiger partial charge on any atom is -0.484 e. The molecular formula is C17H23N3O4S2. The standard InChI is InChI=1S/C17H23N3O4S2/c1-17(2,18)12-19-15(21)11-24-14-8-6-13(7-9-14)20(3)26(22,23)16-5-4-10-25-16/h4-10H,11-12,18H2,1-3H3,(H,19,21). The van der Waals surface area contributed by atoms with Crippen LogP contribution in [0.1, 0.15) is 13.8 Å². The molecule has 7 nitrogen and oxygen atoms in total. The zero-order chi connectivity index (χ0) is 19.4. The van der Waals surface area contributed by atoms with Gasteiger partial charge in [0.15, 0.2) is 6.61 Å². The van der Waals surface area contributed by atoms with Crippen LogP contribution in [0.15, 0.2) is 46.0 Å². The summed E-state index contributed by atoms with van der Waals surface area (Å²) in [5.74, 6) is 0.197. The average Bonchev–Trinajstić information content (AvgIpc) is 3.12. The Bertz CT molecular complexity index is 826. The number of ether oxygens (including phenoxy) is 1. The molecule has 0 atom stereocenters. The highest BCUT2D eigenvalue weighted by molar-refractivity contribution is 7.94. The van der Waals surface area contributed by atoms with Crippen molar-refractivity contribution in [2.75, 3.05) is 24.5 Å². The molecule has 0 radical (unpaired) electrons. The Balaban J connectivity index is 1.95. The molecule has 0 unspecified atom stereocenters. The molecule has 1 aromatic carbocycles. The van der Waals surface area contributed by atoms with E-state index in [9.17, 15) is 13.2 Å². The second-order valence-electron chi connectivity index (χ2n) is 6.45. The van der Waals surface area contributed by atoms with E-state index >= 15 is 0 Å². The van der Waals surface area contributed by atoms with Crippen LogP contribution in [0.3, 0.4) is 0 Å². The van der Waals surface area contributed by atoms with Gasteiger partial charge in [0.1, 0.15) is 9.96 Å². The summed E-state index contributed by atoms with van der Waals surface area (Å²) >= 11 is 1.17. The number of benzene rings is 1. The fraction of sp³-hybridized carbons (Fsp3) is 0.353. The lowest BCUT2D eigenvalue weighted by atomic mass is 10.1. The molecule has 1 heterocycles. The van der Waals surface area contributed by atoms with Crippen LogP contribution in [-0.4, -0.2) is 40.1 Å². The maximum Gasteiger partial charge on any atom is 0.273 e. The summed E-state index contributed by atoms with van der Waals surface area (Å²) in [6.07, 6.45) is 0. The molecule has 0 bridgehead atoms. The molecule has 0 saturated heterocycles. The molecule has 0 saturated carbocycles. The van der Waals surface area contributed by atoms with Crippen molar-refractivity contribution in [3.63, 3.8) is 0 Å². The number of hydrogen-bond acceptors (Lipinski definition) is 6. The molecule has 2 rings (SSSR count). The van der Waals surface area contributed by atoms with E-state index in [1.807, 2.05) is 13.8 Å². The number of anilines is 1. The quantitative estimate of drug-likeness (QED) is 0.707. The van der Waals surface area contributed by atoms with Crippen LogP contribution in [0.25, 0.3) is 0 Å². The first-order valence-electron chi connectivity index (χ1n) is 7.90. The average molecular weight is 398 g/mol. The van der Waals surface area contributed by atoms with Gasteiger partial charge in [0.2, 0.25) is 0 Å². The number of rotatable bonds is 8. The van der Waals surface area contributed by atoms with Gasteiger partial charge < -0.3 is 15.8 Å².